The Balaban J connectivity index is 2.50. The van der Waals surface area contributed by atoms with Gasteiger partial charge in [0, 0.05) is 10.0 Å². The highest BCUT2D eigenvalue weighted by atomic mass is 79.9. The lowest BCUT2D eigenvalue weighted by Crippen LogP contribution is -2.03. The maximum atomic E-state index is 6.05. The molecule has 17 heavy (non-hydrogen) atoms. The van der Waals surface area contributed by atoms with E-state index < -0.39 is 0 Å². The number of halogens is 1. The van der Waals surface area contributed by atoms with Crippen molar-refractivity contribution in [2.75, 3.05) is 5.73 Å². The van der Waals surface area contributed by atoms with E-state index in [0.717, 1.165) is 21.6 Å². The summed E-state index contributed by atoms with van der Waals surface area (Å²) in [5, 5.41) is 0. The standard InChI is InChI=1S/C13H12BrN3/c1-3-8-17-9(2)16-12(13(17)15)10-4-6-11(14)7-5-10/h1,4-7H,8,15H2,2H3. The second-order valence-corrected chi connectivity index (χ2v) is 4.61. The lowest BCUT2D eigenvalue weighted by Gasteiger charge is -2.03. The zero-order valence-electron chi connectivity index (χ0n) is 9.44. The average molecular weight is 290 g/mol. The molecule has 86 valence electrons. The Hall–Kier alpha value is -1.73. The van der Waals surface area contributed by atoms with E-state index in [1.165, 1.54) is 0 Å². The molecule has 3 nitrogen and oxygen atoms in total. The second-order valence-electron chi connectivity index (χ2n) is 3.69. The largest absolute Gasteiger partial charge is 0.383 e. The van der Waals surface area contributed by atoms with Gasteiger partial charge in [0.25, 0.3) is 0 Å². The van der Waals surface area contributed by atoms with Crippen molar-refractivity contribution in [3.8, 4) is 23.6 Å². The molecule has 0 atom stereocenters. The molecule has 0 unspecified atom stereocenters. The molecule has 0 amide bonds. The molecule has 0 aliphatic carbocycles. The van der Waals surface area contributed by atoms with Crippen molar-refractivity contribution in [2.45, 2.75) is 13.5 Å². The van der Waals surface area contributed by atoms with Crippen molar-refractivity contribution >= 4 is 21.7 Å². The Bertz CT molecular complexity index is 576. The first-order valence-corrected chi connectivity index (χ1v) is 5.94. The van der Waals surface area contributed by atoms with E-state index in [1.807, 2.05) is 35.8 Å². The zero-order chi connectivity index (χ0) is 12.4. The van der Waals surface area contributed by atoms with Gasteiger partial charge in [0.1, 0.15) is 17.3 Å². The first-order chi connectivity index (χ1) is 8.13. The molecule has 0 aliphatic rings. The van der Waals surface area contributed by atoms with Gasteiger partial charge < -0.3 is 10.3 Å². The quantitative estimate of drug-likeness (QED) is 0.864. The van der Waals surface area contributed by atoms with Crippen LogP contribution in [-0.2, 0) is 6.54 Å². The molecule has 2 rings (SSSR count). The minimum absolute atomic E-state index is 0.446. The van der Waals surface area contributed by atoms with Gasteiger partial charge in [-0.15, -0.1) is 6.42 Å². The fraction of sp³-hybridized carbons (Fsp3) is 0.154. The van der Waals surface area contributed by atoms with Crippen LogP contribution in [0.15, 0.2) is 28.7 Å². The molecule has 2 N–H and O–H groups in total. The van der Waals surface area contributed by atoms with Crippen LogP contribution in [0.4, 0.5) is 5.82 Å². The monoisotopic (exact) mass is 289 g/mol. The third kappa shape index (κ3) is 2.20. The van der Waals surface area contributed by atoms with Crippen LogP contribution in [0.5, 0.6) is 0 Å². The molecule has 1 heterocycles. The lowest BCUT2D eigenvalue weighted by atomic mass is 10.1. The molecule has 0 bridgehead atoms. The van der Waals surface area contributed by atoms with Crippen LogP contribution in [0.2, 0.25) is 0 Å². The highest BCUT2D eigenvalue weighted by Gasteiger charge is 2.12. The van der Waals surface area contributed by atoms with Crippen LogP contribution in [0.25, 0.3) is 11.3 Å². The van der Waals surface area contributed by atoms with E-state index in [0.29, 0.717) is 12.4 Å². The fourth-order valence-corrected chi connectivity index (χ4v) is 1.96. The van der Waals surface area contributed by atoms with Gasteiger partial charge in [0.05, 0.1) is 6.54 Å². The van der Waals surface area contributed by atoms with Gasteiger partial charge >= 0.3 is 0 Å². The van der Waals surface area contributed by atoms with E-state index in [2.05, 4.69) is 26.8 Å². The van der Waals surface area contributed by atoms with Crippen molar-refractivity contribution in [1.29, 1.82) is 0 Å². The molecule has 2 aromatic rings. The molecular weight excluding hydrogens is 278 g/mol. The molecule has 0 saturated heterocycles. The first kappa shape index (κ1) is 11.7. The van der Waals surface area contributed by atoms with E-state index >= 15 is 0 Å². The minimum atomic E-state index is 0.446. The van der Waals surface area contributed by atoms with Gasteiger partial charge in [0.2, 0.25) is 0 Å². The number of nitrogen functional groups attached to an aromatic ring is 1. The molecular formula is C13H12BrN3. The summed E-state index contributed by atoms with van der Waals surface area (Å²) < 4.78 is 2.86. The SMILES string of the molecule is C#CCn1c(C)nc(-c2ccc(Br)cc2)c1N. The third-order valence-electron chi connectivity index (χ3n) is 2.56. The van der Waals surface area contributed by atoms with Crippen LogP contribution in [0.1, 0.15) is 5.82 Å². The summed E-state index contributed by atoms with van der Waals surface area (Å²) in [6, 6.07) is 7.87. The molecule has 1 aromatic carbocycles. The van der Waals surface area contributed by atoms with Crippen LogP contribution >= 0.6 is 15.9 Å². The van der Waals surface area contributed by atoms with Gasteiger partial charge in [-0.25, -0.2) is 4.98 Å². The van der Waals surface area contributed by atoms with Gasteiger partial charge in [-0.1, -0.05) is 34.0 Å². The Kier molecular flexibility index (Phi) is 3.21. The topological polar surface area (TPSA) is 43.8 Å². The van der Waals surface area contributed by atoms with E-state index in [9.17, 15) is 0 Å². The summed E-state index contributed by atoms with van der Waals surface area (Å²) in [5.74, 6) is 4.02. The van der Waals surface area contributed by atoms with Crippen molar-refractivity contribution in [1.82, 2.24) is 9.55 Å². The van der Waals surface area contributed by atoms with E-state index in [4.69, 9.17) is 12.2 Å². The number of nitrogens with two attached hydrogens (primary N) is 1. The molecule has 0 saturated carbocycles. The Labute approximate surface area is 109 Å². The number of aromatic nitrogens is 2. The van der Waals surface area contributed by atoms with Gasteiger partial charge in [-0.2, -0.15) is 0 Å². The second kappa shape index (κ2) is 4.64. The Morgan fingerprint density at radius 3 is 2.65 bits per heavy atom. The van der Waals surface area contributed by atoms with Gasteiger partial charge in [-0.3, -0.25) is 0 Å². The highest BCUT2D eigenvalue weighted by molar-refractivity contribution is 9.10. The van der Waals surface area contributed by atoms with Gasteiger partial charge in [0.15, 0.2) is 0 Å². The number of benzene rings is 1. The third-order valence-corrected chi connectivity index (χ3v) is 3.09. The molecule has 0 radical (unpaired) electrons. The number of imidazole rings is 1. The summed E-state index contributed by atoms with van der Waals surface area (Å²) in [6.07, 6.45) is 5.31. The maximum absolute atomic E-state index is 6.05. The number of anilines is 1. The molecule has 0 spiro atoms. The maximum Gasteiger partial charge on any atom is 0.132 e. The summed E-state index contributed by atoms with van der Waals surface area (Å²) in [4.78, 5) is 4.46. The van der Waals surface area contributed by atoms with Crippen LogP contribution in [-0.4, -0.2) is 9.55 Å². The Morgan fingerprint density at radius 2 is 2.06 bits per heavy atom. The van der Waals surface area contributed by atoms with Gasteiger partial charge in [-0.05, 0) is 19.1 Å². The Morgan fingerprint density at radius 1 is 1.41 bits per heavy atom. The molecule has 0 fully saturated rings. The average Bonchev–Trinajstić information content (AvgIpc) is 2.59. The summed E-state index contributed by atoms with van der Waals surface area (Å²) in [7, 11) is 0. The molecule has 4 heteroatoms. The van der Waals surface area contributed by atoms with Crippen molar-refractivity contribution < 1.29 is 0 Å². The number of terminal acetylenes is 1. The van der Waals surface area contributed by atoms with Crippen LogP contribution in [0.3, 0.4) is 0 Å². The zero-order valence-corrected chi connectivity index (χ0v) is 11.0. The summed E-state index contributed by atoms with van der Waals surface area (Å²) in [6.45, 7) is 2.34. The van der Waals surface area contributed by atoms with Crippen molar-refractivity contribution in [3.63, 3.8) is 0 Å². The summed E-state index contributed by atoms with van der Waals surface area (Å²) in [5.41, 5.74) is 7.83. The number of nitrogens with zero attached hydrogens (tertiary/aromatic N) is 2. The fourth-order valence-electron chi connectivity index (χ4n) is 1.69. The first-order valence-electron chi connectivity index (χ1n) is 5.15. The van der Waals surface area contributed by atoms with E-state index in [-0.39, 0.29) is 0 Å². The normalized spacial score (nSPS) is 10.2. The number of aryl methyl sites for hydroxylation is 1. The number of hydrogen-bond acceptors (Lipinski definition) is 2. The van der Waals surface area contributed by atoms with Crippen LogP contribution < -0.4 is 5.73 Å². The minimum Gasteiger partial charge on any atom is -0.383 e. The number of rotatable bonds is 2. The van der Waals surface area contributed by atoms with Crippen molar-refractivity contribution in [3.05, 3.63) is 34.6 Å². The smallest absolute Gasteiger partial charge is 0.132 e. The van der Waals surface area contributed by atoms with E-state index in [1.54, 1.807) is 0 Å². The highest BCUT2D eigenvalue weighted by Crippen LogP contribution is 2.27. The lowest BCUT2D eigenvalue weighted by molar-refractivity contribution is 0.807. The summed E-state index contributed by atoms with van der Waals surface area (Å²) >= 11 is 3.40. The molecule has 0 aliphatic heterocycles. The predicted molar refractivity (Wildman–Crippen MR) is 73.3 cm³/mol. The number of hydrogen-bond donors (Lipinski definition) is 1. The molecule has 1 aromatic heterocycles. The van der Waals surface area contributed by atoms with Crippen molar-refractivity contribution in [2.24, 2.45) is 0 Å². The predicted octanol–water partition coefficient (Wildman–Crippen LogP) is 2.84. The van der Waals surface area contributed by atoms with Crippen LogP contribution in [0, 0.1) is 19.3 Å².